The van der Waals surface area contributed by atoms with E-state index in [0.717, 1.165) is 17.5 Å². The molecule has 64 heavy (non-hydrogen) atoms. The Bertz CT molecular complexity index is 2360. The van der Waals surface area contributed by atoms with Gasteiger partial charge in [0.2, 0.25) is 23.6 Å². The van der Waals surface area contributed by atoms with Gasteiger partial charge in [0.15, 0.2) is 5.82 Å². The monoisotopic (exact) mass is 875 g/mol. The molecule has 5 rings (SSSR count). The van der Waals surface area contributed by atoms with Gasteiger partial charge in [-0.15, -0.1) is 0 Å². The molecule has 5 amide bonds. The lowest BCUT2D eigenvalue weighted by Crippen LogP contribution is -2.56. The van der Waals surface area contributed by atoms with E-state index in [1.54, 1.807) is 50.2 Å². The van der Waals surface area contributed by atoms with Gasteiger partial charge < -0.3 is 52.8 Å². The maximum atomic E-state index is 14.7. The molecule has 3 aromatic carbocycles. The van der Waals surface area contributed by atoms with Gasteiger partial charge in [-0.25, -0.2) is 9.97 Å². The second-order valence-corrected chi connectivity index (χ2v) is 15.3. The Balaban J connectivity index is 1.58. The van der Waals surface area contributed by atoms with Crippen LogP contribution in [0.2, 0.25) is 0 Å². The van der Waals surface area contributed by atoms with Crippen molar-refractivity contribution in [2.45, 2.75) is 71.1 Å². The van der Waals surface area contributed by atoms with E-state index in [9.17, 15) is 24.0 Å². The van der Waals surface area contributed by atoms with Crippen molar-refractivity contribution in [3.8, 4) is 40.1 Å². The van der Waals surface area contributed by atoms with Crippen molar-refractivity contribution in [2.75, 3.05) is 46.4 Å². The van der Waals surface area contributed by atoms with Crippen molar-refractivity contribution < 1.29 is 33.4 Å². The molecule has 4 atom stereocenters. The lowest BCUT2D eigenvalue weighted by molar-refractivity contribution is -0.141. The fourth-order valence-corrected chi connectivity index (χ4v) is 7.42. The molecule has 4 bridgehead atoms. The maximum Gasteiger partial charge on any atom is 0.255 e. The number of aromatic nitrogens is 2. The molecule has 2 heterocycles. The van der Waals surface area contributed by atoms with Gasteiger partial charge in [0.25, 0.3) is 5.91 Å². The third kappa shape index (κ3) is 11.5. The van der Waals surface area contributed by atoms with Crippen LogP contribution in [-0.2, 0) is 32.0 Å². The summed E-state index contributed by atoms with van der Waals surface area (Å²) in [4.78, 5) is 80.8. The number of amides is 5. The molecule has 1 aliphatic heterocycles. The summed E-state index contributed by atoms with van der Waals surface area (Å²) in [5, 5.41) is 19.9. The minimum absolute atomic E-state index is 0.00209. The molecular formula is C46H57N11O7. The summed E-state index contributed by atoms with van der Waals surface area (Å²) in [7, 11) is 1.42. The Kier molecular flexibility index (Phi) is 16.9. The summed E-state index contributed by atoms with van der Waals surface area (Å²) < 4.78 is 12.2. The van der Waals surface area contributed by atoms with Crippen LogP contribution in [0.4, 0.5) is 0 Å². The standard InChI is InChI=1S/C46H57N11O7/c1-6-29-7-10-31(11-8-29)41-52-26(2)39(27(3)53-41)44(60)55-35(15-16-47)46(62)57(5)40-32-12-14-38(64-22-19-50)34(25-32)33-23-30(9-13-37(33)63-21-18-49)24-36(43(59)51-20-17-48)56-42(58)28(4)54-45(40)61/h7-14,23,25,28,35-36,40H,6,15-16,18-22,24,47,49-50H2,1-5H3,(H,51,59)(H,54,61)(H,55,60)(H,56,58). The Morgan fingerprint density at radius 3 is 2.11 bits per heavy atom. The molecule has 18 nitrogen and oxygen atoms in total. The van der Waals surface area contributed by atoms with E-state index >= 15 is 0 Å². The topological polar surface area (TPSA) is 283 Å². The van der Waals surface area contributed by atoms with Crippen LogP contribution in [-0.4, -0.2) is 109 Å². The lowest BCUT2D eigenvalue weighted by Gasteiger charge is -2.32. The molecule has 0 fully saturated rings. The summed E-state index contributed by atoms with van der Waals surface area (Å²) >= 11 is 0. The molecule has 4 aromatic rings. The Labute approximate surface area is 372 Å². The number of nitrogens with zero attached hydrogens (tertiary/aromatic N) is 4. The largest absolute Gasteiger partial charge is 0.492 e. The number of likely N-dealkylation sites (N-methyl/N-ethyl adjacent to an activating group) is 1. The van der Waals surface area contributed by atoms with E-state index in [1.165, 1.54) is 18.9 Å². The number of aryl methyl sites for hydroxylation is 3. The number of ether oxygens (including phenoxy) is 2. The molecule has 1 aliphatic rings. The number of rotatable bonds is 16. The van der Waals surface area contributed by atoms with Crippen LogP contribution in [0.1, 0.15) is 64.7 Å². The summed E-state index contributed by atoms with van der Waals surface area (Å²) in [5.74, 6) is -2.11. The first kappa shape index (κ1) is 48.1. The highest BCUT2D eigenvalue weighted by Gasteiger charge is 2.36. The highest BCUT2D eigenvalue weighted by Crippen LogP contribution is 2.40. The van der Waals surface area contributed by atoms with Crippen LogP contribution >= 0.6 is 0 Å². The van der Waals surface area contributed by atoms with Crippen molar-refractivity contribution in [1.29, 1.82) is 5.26 Å². The molecule has 0 radical (unpaired) electrons. The number of benzene rings is 3. The Hall–Kier alpha value is -6.94. The van der Waals surface area contributed by atoms with E-state index in [4.69, 9.17) is 31.9 Å². The van der Waals surface area contributed by atoms with Crippen molar-refractivity contribution in [1.82, 2.24) is 36.1 Å². The summed E-state index contributed by atoms with van der Waals surface area (Å²) in [6.07, 6.45) is 0.885. The molecule has 0 saturated carbocycles. The molecule has 18 heteroatoms. The van der Waals surface area contributed by atoms with E-state index in [1.807, 2.05) is 30.3 Å². The third-order valence-corrected chi connectivity index (χ3v) is 10.7. The van der Waals surface area contributed by atoms with Gasteiger partial charge in [0, 0.05) is 43.2 Å². The van der Waals surface area contributed by atoms with Crippen LogP contribution in [0.25, 0.3) is 22.5 Å². The maximum absolute atomic E-state index is 14.7. The lowest BCUT2D eigenvalue weighted by atomic mass is 9.93. The molecular weight excluding hydrogens is 819 g/mol. The van der Waals surface area contributed by atoms with Gasteiger partial charge in [-0.05, 0) is 81.1 Å². The predicted octanol–water partition coefficient (Wildman–Crippen LogP) is 1.50. The molecule has 4 unspecified atom stereocenters. The Morgan fingerprint density at radius 1 is 0.891 bits per heavy atom. The minimum atomic E-state index is -1.40. The highest BCUT2D eigenvalue weighted by molar-refractivity contribution is 6.00. The van der Waals surface area contributed by atoms with Gasteiger partial charge in [0.1, 0.15) is 55.4 Å². The van der Waals surface area contributed by atoms with Crippen LogP contribution in [0.3, 0.4) is 0 Å². The molecule has 0 spiro atoms. The number of fused-ring (bicyclic) bond motifs is 5. The fourth-order valence-electron chi connectivity index (χ4n) is 7.42. The zero-order valence-corrected chi connectivity index (χ0v) is 36.8. The first-order valence-electron chi connectivity index (χ1n) is 21.2. The van der Waals surface area contributed by atoms with Crippen molar-refractivity contribution in [3.63, 3.8) is 0 Å². The average molecular weight is 876 g/mol. The van der Waals surface area contributed by atoms with Gasteiger partial charge in [-0.1, -0.05) is 43.3 Å². The minimum Gasteiger partial charge on any atom is -0.492 e. The zero-order chi connectivity index (χ0) is 46.5. The van der Waals surface area contributed by atoms with Gasteiger partial charge in [0.05, 0.1) is 23.0 Å². The van der Waals surface area contributed by atoms with Crippen molar-refractivity contribution >= 4 is 29.5 Å². The van der Waals surface area contributed by atoms with Crippen LogP contribution < -0.4 is 47.9 Å². The second-order valence-electron chi connectivity index (χ2n) is 15.3. The molecule has 338 valence electrons. The molecule has 0 aliphatic carbocycles. The van der Waals surface area contributed by atoms with Crippen LogP contribution in [0, 0.1) is 25.2 Å². The van der Waals surface area contributed by atoms with Crippen molar-refractivity contribution in [2.24, 2.45) is 17.2 Å². The highest BCUT2D eigenvalue weighted by atomic mass is 16.5. The fraction of sp³-hybridized carbons (Fsp3) is 0.391. The third-order valence-electron chi connectivity index (χ3n) is 10.7. The van der Waals surface area contributed by atoms with E-state index in [0.29, 0.717) is 51.0 Å². The first-order valence-corrected chi connectivity index (χ1v) is 21.2. The van der Waals surface area contributed by atoms with Gasteiger partial charge in [-0.2, -0.15) is 5.26 Å². The van der Waals surface area contributed by atoms with Gasteiger partial charge in [-0.3, -0.25) is 24.0 Å². The number of hydrogen-bond acceptors (Lipinski definition) is 13. The zero-order valence-electron chi connectivity index (χ0n) is 36.8. The normalized spacial score (nSPS) is 16.5. The number of nitrogens with two attached hydrogens (primary N) is 3. The summed E-state index contributed by atoms with van der Waals surface area (Å²) in [6.45, 7) is 7.26. The van der Waals surface area contributed by atoms with E-state index in [-0.39, 0.29) is 57.8 Å². The number of hydrogen-bond donors (Lipinski definition) is 7. The quantitative estimate of drug-likeness (QED) is 0.0787. The van der Waals surface area contributed by atoms with E-state index in [2.05, 4.69) is 38.2 Å². The summed E-state index contributed by atoms with van der Waals surface area (Å²) in [5.41, 5.74) is 22.5. The van der Waals surface area contributed by atoms with Gasteiger partial charge >= 0.3 is 0 Å². The smallest absolute Gasteiger partial charge is 0.255 e. The number of carbonyl (C=O) groups is 5. The second kappa shape index (κ2) is 22.4. The Morgan fingerprint density at radius 2 is 1.52 bits per heavy atom. The van der Waals surface area contributed by atoms with Crippen LogP contribution in [0.15, 0.2) is 60.7 Å². The number of nitriles is 1. The van der Waals surface area contributed by atoms with Crippen LogP contribution in [0.5, 0.6) is 11.5 Å². The molecule has 10 N–H and O–H groups in total. The SMILES string of the molecule is CCc1ccc(-c2nc(C)c(C(=O)NC(CCN)C(=O)N(C)C3C(=O)NC(C)C(=O)NC(C(=O)NCC#N)Cc4ccc(OCCN)c(c4)-c4cc3ccc4OCCN)c(C)n2)cc1. The summed E-state index contributed by atoms with van der Waals surface area (Å²) in [6, 6.07) is 14.9. The number of nitrogens with one attached hydrogen (secondary N) is 4. The first-order chi connectivity index (χ1) is 30.7. The van der Waals surface area contributed by atoms with Crippen molar-refractivity contribution in [3.05, 3.63) is 94.3 Å². The van der Waals surface area contributed by atoms with E-state index < -0.39 is 53.7 Å². The average Bonchev–Trinajstić information content (AvgIpc) is 3.28. The number of carbonyl (C=O) groups excluding carboxylic acids is 5. The predicted molar refractivity (Wildman–Crippen MR) is 240 cm³/mol. The molecule has 0 saturated heterocycles. The molecule has 1 aromatic heterocycles.